The van der Waals surface area contributed by atoms with E-state index in [-0.39, 0.29) is 6.54 Å². The molecular formula is C10H23N3O2S. The topological polar surface area (TPSA) is 75.4 Å². The Balaban J connectivity index is 2.39. The number of nitrogens with two attached hydrogens (primary N) is 1. The van der Waals surface area contributed by atoms with Crippen LogP contribution in [-0.2, 0) is 10.0 Å². The van der Waals surface area contributed by atoms with Crippen LogP contribution in [0.2, 0.25) is 0 Å². The second-order valence-electron chi connectivity index (χ2n) is 4.71. The van der Waals surface area contributed by atoms with Crippen LogP contribution in [0.15, 0.2) is 0 Å². The lowest BCUT2D eigenvalue weighted by Crippen LogP contribution is -2.43. The van der Waals surface area contributed by atoms with E-state index in [2.05, 4.69) is 16.7 Å². The van der Waals surface area contributed by atoms with E-state index in [1.54, 1.807) is 6.92 Å². The molecule has 1 aliphatic rings. The van der Waals surface area contributed by atoms with Gasteiger partial charge in [0.1, 0.15) is 0 Å². The molecule has 0 spiro atoms. The molecule has 16 heavy (non-hydrogen) atoms. The molecule has 5 nitrogen and oxygen atoms in total. The minimum absolute atomic E-state index is 0.167. The van der Waals surface area contributed by atoms with E-state index in [9.17, 15) is 8.42 Å². The molecule has 0 amide bonds. The molecule has 1 heterocycles. The van der Waals surface area contributed by atoms with Gasteiger partial charge in [-0.1, -0.05) is 0 Å². The van der Waals surface area contributed by atoms with E-state index in [0.717, 1.165) is 25.9 Å². The van der Waals surface area contributed by atoms with Crippen LogP contribution in [0.4, 0.5) is 0 Å². The third-order valence-corrected chi connectivity index (χ3v) is 4.98. The lowest BCUT2D eigenvalue weighted by atomic mass is 9.99. The van der Waals surface area contributed by atoms with Crippen LogP contribution >= 0.6 is 0 Å². The first-order chi connectivity index (χ1) is 7.45. The summed E-state index contributed by atoms with van der Waals surface area (Å²) in [5.41, 5.74) is 5.36. The molecule has 96 valence electrons. The summed E-state index contributed by atoms with van der Waals surface area (Å²) in [6, 6.07) is 0. The van der Waals surface area contributed by atoms with Crippen molar-refractivity contribution in [1.82, 2.24) is 9.62 Å². The lowest BCUT2D eigenvalue weighted by molar-refractivity contribution is 0.211. The maximum atomic E-state index is 11.7. The maximum Gasteiger partial charge on any atom is 0.215 e. The molecule has 2 unspecified atom stereocenters. The number of hydrogen-bond donors (Lipinski definition) is 2. The van der Waals surface area contributed by atoms with Crippen molar-refractivity contribution in [3.05, 3.63) is 0 Å². The van der Waals surface area contributed by atoms with Gasteiger partial charge in [0.25, 0.3) is 0 Å². The Morgan fingerprint density at radius 3 is 2.81 bits per heavy atom. The first-order valence-electron chi connectivity index (χ1n) is 5.82. The van der Waals surface area contributed by atoms with Gasteiger partial charge in [-0.2, -0.15) is 0 Å². The first-order valence-corrected chi connectivity index (χ1v) is 7.37. The van der Waals surface area contributed by atoms with Crippen molar-refractivity contribution in [3.63, 3.8) is 0 Å². The summed E-state index contributed by atoms with van der Waals surface area (Å²) in [5.74, 6) is 0.429. The highest BCUT2D eigenvalue weighted by Crippen LogP contribution is 2.14. The zero-order chi connectivity index (χ0) is 12.2. The summed E-state index contributed by atoms with van der Waals surface area (Å²) in [4.78, 5) is 2.24. The third kappa shape index (κ3) is 4.01. The number of piperidine rings is 1. The summed E-state index contributed by atoms with van der Waals surface area (Å²) >= 11 is 0. The van der Waals surface area contributed by atoms with Gasteiger partial charge in [0, 0.05) is 19.6 Å². The van der Waals surface area contributed by atoms with Gasteiger partial charge in [-0.25, -0.2) is 13.1 Å². The Morgan fingerprint density at radius 1 is 1.56 bits per heavy atom. The lowest BCUT2D eigenvalue weighted by Gasteiger charge is -2.29. The fourth-order valence-electron chi connectivity index (χ4n) is 1.94. The van der Waals surface area contributed by atoms with Crippen molar-refractivity contribution >= 4 is 10.0 Å². The van der Waals surface area contributed by atoms with Crippen molar-refractivity contribution in [1.29, 1.82) is 0 Å². The van der Waals surface area contributed by atoms with Crippen LogP contribution in [0.1, 0.15) is 19.8 Å². The summed E-state index contributed by atoms with van der Waals surface area (Å²) < 4.78 is 26.0. The highest BCUT2D eigenvalue weighted by atomic mass is 32.2. The first kappa shape index (κ1) is 13.9. The zero-order valence-electron chi connectivity index (χ0n) is 10.1. The fourth-order valence-corrected chi connectivity index (χ4v) is 2.95. The molecule has 1 fully saturated rings. The fraction of sp³-hybridized carbons (Fsp3) is 1.00. The quantitative estimate of drug-likeness (QED) is 0.695. The molecule has 1 aliphatic heterocycles. The van der Waals surface area contributed by atoms with Crippen LogP contribution in [0.5, 0.6) is 0 Å². The van der Waals surface area contributed by atoms with Crippen molar-refractivity contribution in [2.75, 3.05) is 33.2 Å². The molecule has 1 rings (SSSR count). The van der Waals surface area contributed by atoms with Gasteiger partial charge < -0.3 is 10.6 Å². The van der Waals surface area contributed by atoms with E-state index in [4.69, 9.17) is 5.73 Å². The van der Waals surface area contributed by atoms with Crippen molar-refractivity contribution < 1.29 is 8.42 Å². The smallest absolute Gasteiger partial charge is 0.215 e. The van der Waals surface area contributed by atoms with Crippen LogP contribution < -0.4 is 10.5 Å². The highest BCUT2D eigenvalue weighted by Gasteiger charge is 2.22. The molecule has 0 aromatic rings. The average molecular weight is 249 g/mol. The molecule has 2 atom stereocenters. The maximum absolute atomic E-state index is 11.7. The van der Waals surface area contributed by atoms with Crippen LogP contribution in [-0.4, -0.2) is 51.8 Å². The third-order valence-electron chi connectivity index (χ3n) is 3.16. The number of rotatable bonds is 5. The largest absolute Gasteiger partial charge is 0.329 e. The van der Waals surface area contributed by atoms with Gasteiger partial charge in [-0.3, -0.25) is 0 Å². The molecule has 0 bridgehead atoms. The molecule has 0 aromatic carbocycles. The Labute approximate surface area is 98.4 Å². The summed E-state index contributed by atoms with van der Waals surface area (Å²) in [7, 11) is -1.15. The van der Waals surface area contributed by atoms with Gasteiger partial charge in [-0.15, -0.1) is 0 Å². The van der Waals surface area contributed by atoms with Crippen LogP contribution in [0, 0.1) is 5.92 Å². The second-order valence-corrected chi connectivity index (χ2v) is 6.89. The zero-order valence-corrected chi connectivity index (χ0v) is 11.0. The standard InChI is InChI=1S/C10H23N3O2S/c1-9(6-11)16(14,15)12-7-10-4-3-5-13(2)8-10/h9-10,12H,3-8,11H2,1-2H3. The summed E-state index contributed by atoms with van der Waals surface area (Å²) in [6.07, 6.45) is 2.25. The highest BCUT2D eigenvalue weighted by molar-refractivity contribution is 7.90. The Kier molecular flexibility index (Phi) is 5.17. The summed E-state index contributed by atoms with van der Waals surface area (Å²) in [6.45, 7) is 4.42. The van der Waals surface area contributed by atoms with E-state index in [1.807, 2.05) is 0 Å². The molecule has 6 heteroatoms. The molecule has 3 N–H and O–H groups in total. The molecule has 0 aliphatic carbocycles. The van der Waals surface area contributed by atoms with E-state index in [1.165, 1.54) is 0 Å². The number of likely N-dealkylation sites (tertiary alicyclic amines) is 1. The number of nitrogens with zero attached hydrogens (tertiary/aromatic N) is 1. The average Bonchev–Trinajstić information content (AvgIpc) is 2.25. The van der Waals surface area contributed by atoms with E-state index >= 15 is 0 Å². The number of hydrogen-bond acceptors (Lipinski definition) is 4. The minimum Gasteiger partial charge on any atom is -0.329 e. The van der Waals surface area contributed by atoms with Crippen LogP contribution in [0.25, 0.3) is 0 Å². The van der Waals surface area contributed by atoms with E-state index < -0.39 is 15.3 Å². The monoisotopic (exact) mass is 249 g/mol. The van der Waals surface area contributed by atoms with Gasteiger partial charge in [0.05, 0.1) is 5.25 Å². The molecule has 0 saturated carbocycles. The predicted molar refractivity (Wildman–Crippen MR) is 65.7 cm³/mol. The number of sulfonamides is 1. The van der Waals surface area contributed by atoms with Gasteiger partial charge in [-0.05, 0) is 39.3 Å². The molecule has 0 radical (unpaired) electrons. The second kappa shape index (κ2) is 5.95. The predicted octanol–water partition coefficient (Wildman–Crippen LogP) is -0.405. The van der Waals surface area contributed by atoms with Crippen LogP contribution in [0.3, 0.4) is 0 Å². The van der Waals surface area contributed by atoms with Gasteiger partial charge >= 0.3 is 0 Å². The SMILES string of the molecule is CC(CN)S(=O)(=O)NCC1CCCN(C)C1. The molecule has 1 saturated heterocycles. The van der Waals surface area contributed by atoms with Gasteiger partial charge in [0.2, 0.25) is 10.0 Å². The van der Waals surface area contributed by atoms with Gasteiger partial charge in [0.15, 0.2) is 0 Å². The Hall–Kier alpha value is -0.170. The molecular weight excluding hydrogens is 226 g/mol. The molecule has 0 aromatic heterocycles. The Morgan fingerprint density at radius 2 is 2.25 bits per heavy atom. The van der Waals surface area contributed by atoms with Crippen molar-refractivity contribution in [3.8, 4) is 0 Å². The van der Waals surface area contributed by atoms with Crippen molar-refractivity contribution in [2.24, 2.45) is 11.7 Å². The number of nitrogens with one attached hydrogen (secondary N) is 1. The van der Waals surface area contributed by atoms with Crippen molar-refractivity contribution in [2.45, 2.75) is 25.0 Å². The summed E-state index contributed by atoms with van der Waals surface area (Å²) in [5, 5.41) is -0.506. The minimum atomic E-state index is -3.22. The Bertz CT molecular complexity index is 305. The normalized spacial score (nSPS) is 25.6. The van der Waals surface area contributed by atoms with E-state index in [0.29, 0.717) is 12.5 Å².